The zero-order valence-electron chi connectivity index (χ0n) is 20.4. The van der Waals surface area contributed by atoms with Crippen molar-refractivity contribution in [2.24, 2.45) is 5.73 Å². The molecule has 0 spiro atoms. The van der Waals surface area contributed by atoms with E-state index in [1.165, 1.54) is 35.2 Å². The summed E-state index contributed by atoms with van der Waals surface area (Å²) in [5, 5.41) is 36.0. The van der Waals surface area contributed by atoms with Crippen LogP contribution in [-0.4, -0.2) is 51.2 Å². The summed E-state index contributed by atoms with van der Waals surface area (Å²) in [7, 11) is 0. The van der Waals surface area contributed by atoms with Crippen LogP contribution in [0.25, 0.3) is 0 Å². The third-order valence-corrected chi connectivity index (χ3v) is 6.04. The lowest BCUT2D eigenvalue weighted by molar-refractivity contribution is -0.393. The first-order valence-electron chi connectivity index (χ1n) is 11.7. The fraction of sp³-hybridized carbons (Fsp3) is 0.348. The number of nitro benzene ring substituents is 3. The van der Waals surface area contributed by atoms with Gasteiger partial charge in [0.15, 0.2) is 0 Å². The largest absolute Gasteiger partial charge is 0.459 e. The van der Waals surface area contributed by atoms with Gasteiger partial charge in [-0.05, 0) is 43.0 Å². The molecule has 1 heterocycles. The molecule has 1 aliphatic rings. The predicted molar refractivity (Wildman–Crippen MR) is 133 cm³/mol. The van der Waals surface area contributed by atoms with Crippen molar-refractivity contribution in [2.45, 2.75) is 44.4 Å². The van der Waals surface area contributed by atoms with Crippen molar-refractivity contribution in [3.63, 3.8) is 0 Å². The molecular weight excluding hydrogens is 520 g/mol. The minimum atomic E-state index is -1.28. The molecular formula is C23H24N6O10. The van der Waals surface area contributed by atoms with E-state index < -0.39 is 56.0 Å². The number of nitro groups is 3. The van der Waals surface area contributed by atoms with Gasteiger partial charge in [-0.1, -0.05) is 0 Å². The quantitative estimate of drug-likeness (QED) is 0.222. The summed E-state index contributed by atoms with van der Waals surface area (Å²) in [6.45, 7) is -0.0163. The van der Waals surface area contributed by atoms with E-state index in [2.05, 4.69) is 5.32 Å². The Morgan fingerprint density at radius 3 is 2.23 bits per heavy atom. The second-order valence-corrected chi connectivity index (χ2v) is 8.64. The number of non-ortho nitro benzene ring substituents is 2. The van der Waals surface area contributed by atoms with Crippen LogP contribution in [0.1, 0.15) is 31.2 Å². The number of anilines is 1. The number of hydrogen-bond acceptors (Lipinski definition) is 11. The molecule has 2 aromatic rings. The van der Waals surface area contributed by atoms with Crippen LogP contribution < -0.4 is 16.0 Å². The van der Waals surface area contributed by atoms with E-state index in [-0.39, 0.29) is 43.8 Å². The third kappa shape index (κ3) is 7.21. The van der Waals surface area contributed by atoms with Crippen molar-refractivity contribution >= 4 is 40.5 Å². The van der Waals surface area contributed by atoms with Gasteiger partial charge in [0.25, 0.3) is 17.1 Å². The number of amides is 2. The number of rotatable bonds is 12. The molecule has 3 N–H and O–H groups in total. The van der Waals surface area contributed by atoms with Crippen LogP contribution >= 0.6 is 0 Å². The molecule has 2 atom stereocenters. The van der Waals surface area contributed by atoms with E-state index in [1.807, 2.05) is 0 Å². The van der Waals surface area contributed by atoms with Crippen LogP contribution in [0, 0.1) is 30.3 Å². The highest BCUT2D eigenvalue weighted by Gasteiger charge is 2.37. The second-order valence-electron chi connectivity index (χ2n) is 8.64. The summed E-state index contributed by atoms with van der Waals surface area (Å²) in [5.74, 6) is -2.27. The maximum Gasteiger partial charge on any atom is 0.328 e. The van der Waals surface area contributed by atoms with Gasteiger partial charge in [-0.15, -0.1) is 0 Å². The monoisotopic (exact) mass is 544 g/mol. The van der Waals surface area contributed by atoms with Crippen molar-refractivity contribution in [3.05, 3.63) is 78.4 Å². The first-order chi connectivity index (χ1) is 18.5. The topological polar surface area (TPSA) is 231 Å². The van der Waals surface area contributed by atoms with Crippen LogP contribution in [0.2, 0.25) is 0 Å². The molecule has 3 rings (SSSR count). The number of hydrogen-bond donors (Lipinski definition) is 2. The van der Waals surface area contributed by atoms with Gasteiger partial charge in [0.1, 0.15) is 24.4 Å². The maximum atomic E-state index is 13.2. The number of carbonyl (C=O) groups is 3. The molecule has 39 heavy (non-hydrogen) atoms. The Morgan fingerprint density at radius 2 is 1.64 bits per heavy atom. The Bertz CT molecular complexity index is 1300. The maximum absolute atomic E-state index is 13.2. The summed E-state index contributed by atoms with van der Waals surface area (Å²) < 4.78 is 5.24. The molecule has 2 aromatic carbocycles. The van der Waals surface area contributed by atoms with Gasteiger partial charge in [-0.3, -0.25) is 39.9 Å². The standard InChI is InChI=1S/C23H24N6O10/c24-21(30)10-8-17(23(32)39-13-14-3-5-15(6-4-14)27(33)34)25-22(31)19-2-1-11-26(19)18-9-7-16(28(35)36)12-20(18)29(37)38/h3-7,9,12,17,19H,1-2,8,10-11,13H2,(H2,24,30)(H,25,31). The molecule has 0 saturated carbocycles. The molecule has 2 amide bonds. The number of carbonyl (C=O) groups excluding carboxylic acids is 3. The van der Waals surface area contributed by atoms with Crippen LogP contribution in [0.15, 0.2) is 42.5 Å². The minimum Gasteiger partial charge on any atom is -0.459 e. The lowest BCUT2D eigenvalue weighted by atomic mass is 10.1. The number of ether oxygens (including phenoxy) is 1. The van der Waals surface area contributed by atoms with Crippen LogP contribution in [0.4, 0.5) is 22.7 Å². The van der Waals surface area contributed by atoms with Gasteiger partial charge in [0.2, 0.25) is 11.8 Å². The van der Waals surface area contributed by atoms with Crippen molar-refractivity contribution in [1.29, 1.82) is 0 Å². The van der Waals surface area contributed by atoms with E-state index >= 15 is 0 Å². The van der Waals surface area contributed by atoms with E-state index in [0.29, 0.717) is 12.0 Å². The SMILES string of the molecule is NC(=O)CCC(NC(=O)C1CCCN1c1ccc([N+](=O)[O-])cc1[N+](=O)[O-])C(=O)OCc1ccc([N+](=O)[O-])cc1. The number of nitrogens with one attached hydrogen (secondary N) is 1. The summed E-state index contributed by atoms with van der Waals surface area (Å²) >= 11 is 0. The lowest BCUT2D eigenvalue weighted by Crippen LogP contribution is -2.50. The van der Waals surface area contributed by atoms with Gasteiger partial charge in [0, 0.05) is 31.2 Å². The van der Waals surface area contributed by atoms with E-state index in [0.717, 1.165) is 12.1 Å². The molecule has 1 fully saturated rings. The third-order valence-electron chi connectivity index (χ3n) is 6.04. The Balaban J connectivity index is 1.75. The van der Waals surface area contributed by atoms with Gasteiger partial charge in [-0.2, -0.15) is 0 Å². The highest BCUT2D eigenvalue weighted by atomic mass is 16.6. The molecule has 0 aromatic heterocycles. The van der Waals surface area contributed by atoms with Crippen LogP contribution in [0.3, 0.4) is 0 Å². The number of primary amides is 1. The fourth-order valence-electron chi connectivity index (χ4n) is 4.11. The van der Waals surface area contributed by atoms with Crippen LogP contribution in [-0.2, 0) is 25.7 Å². The van der Waals surface area contributed by atoms with Gasteiger partial charge in [0.05, 0.1) is 20.8 Å². The number of benzene rings is 2. The predicted octanol–water partition coefficient (Wildman–Crippen LogP) is 1.87. The van der Waals surface area contributed by atoms with E-state index in [1.54, 1.807) is 0 Å². The Labute approximate surface area is 220 Å². The normalized spacial score (nSPS) is 15.3. The van der Waals surface area contributed by atoms with Gasteiger partial charge in [-0.25, -0.2) is 4.79 Å². The minimum absolute atomic E-state index is 0.0117. The number of nitrogens with zero attached hydrogens (tertiary/aromatic N) is 4. The van der Waals surface area contributed by atoms with Crippen molar-refractivity contribution < 1.29 is 33.9 Å². The number of esters is 1. The molecule has 0 aliphatic carbocycles. The molecule has 16 heteroatoms. The van der Waals surface area contributed by atoms with E-state index in [9.17, 15) is 44.7 Å². The van der Waals surface area contributed by atoms with Crippen LogP contribution in [0.5, 0.6) is 0 Å². The van der Waals surface area contributed by atoms with Crippen molar-refractivity contribution in [1.82, 2.24) is 5.32 Å². The summed E-state index contributed by atoms with van der Waals surface area (Å²) in [6, 6.07) is 6.16. The zero-order chi connectivity index (χ0) is 28.7. The summed E-state index contributed by atoms with van der Waals surface area (Å²) in [4.78, 5) is 70.1. The molecule has 1 saturated heterocycles. The fourth-order valence-corrected chi connectivity index (χ4v) is 4.11. The summed E-state index contributed by atoms with van der Waals surface area (Å²) in [5.41, 5.74) is 4.48. The van der Waals surface area contributed by atoms with Crippen molar-refractivity contribution in [3.8, 4) is 0 Å². The Morgan fingerprint density at radius 1 is 1.00 bits per heavy atom. The average Bonchev–Trinajstić information content (AvgIpc) is 3.39. The highest BCUT2D eigenvalue weighted by Crippen LogP contribution is 2.36. The Kier molecular flexibility index (Phi) is 9.03. The molecule has 206 valence electrons. The molecule has 0 bridgehead atoms. The second kappa shape index (κ2) is 12.4. The molecule has 16 nitrogen and oxygen atoms in total. The zero-order valence-corrected chi connectivity index (χ0v) is 20.4. The Hall–Kier alpha value is -5.15. The van der Waals surface area contributed by atoms with Gasteiger partial charge < -0.3 is 20.7 Å². The highest BCUT2D eigenvalue weighted by molar-refractivity contribution is 5.91. The lowest BCUT2D eigenvalue weighted by Gasteiger charge is -2.27. The number of nitrogens with two attached hydrogens (primary N) is 1. The smallest absolute Gasteiger partial charge is 0.328 e. The first-order valence-corrected chi connectivity index (χ1v) is 11.7. The van der Waals surface area contributed by atoms with Crippen molar-refractivity contribution in [2.75, 3.05) is 11.4 Å². The van der Waals surface area contributed by atoms with E-state index in [4.69, 9.17) is 10.5 Å². The molecule has 2 unspecified atom stereocenters. The molecule has 0 radical (unpaired) electrons. The van der Waals surface area contributed by atoms with Gasteiger partial charge >= 0.3 is 5.97 Å². The average molecular weight is 544 g/mol. The molecule has 1 aliphatic heterocycles. The summed E-state index contributed by atoms with van der Waals surface area (Å²) in [6.07, 6.45) is 0.327. The first kappa shape index (κ1) is 28.4.